The van der Waals surface area contributed by atoms with Crippen LogP contribution in [0.1, 0.15) is 33.1 Å². The van der Waals surface area contributed by atoms with Crippen LogP contribution >= 0.6 is 8.73 Å². The van der Waals surface area contributed by atoms with Gasteiger partial charge in [0.05, 0.1) is 18.3 Å². The molecule has 2 aromatic carbocycles. The van der Waals surface area contributed by atoms with Crippen molar-refractivity contribution in [3.05, 3.63) is 42.5 Å². The first-order valence-corrected chi connectivity index (χ1v) is 15.3. The average molecular weight is 569 g/mol. The monoisotopic (exact) mass is 568 g/mol. The maximum absolute atomic E-state index is 14.0. The van der Waals surface area contributed by atoms with Crippen molar-refractivity contribution < 1.29 is 38.9 Å². The number of alkyl halides is 3. The lowest BCUT2D eigenvalue weighted by atomic mass is 9.94. The second-order valence-corrected chi connectivity index (χ2v) is 13.0. The van der Waals surface area contributed by atoms with Gasteiger partial charge in [-0.1, -0.05) is 38.0 Å². The van der Waals surface area contributed by atoms with E-state index >= 15 is 0 Å². The van der Waals surface area contributed by atoms with Gasteiger partial charge in [0.25, 0.3) is 0 Å². The summed E-state index contributed by atoms with van der Waals surface area (Å²) >= 11 is 0. The highest BCUT2D eigenvalue weighted by Crippen LogP contribution is 2.49. The van der Waals surface area contributed by atoms with Crippen molar-refractivity contribution in [3.63, 3.8) is 0 Å². The van der Waals surface area contributed by atoms with Gasteiger partial charge in [-0.3, -0.25) is 0 Å². The largest absolute Gasteiger partial charge is 0.534 e. The van der Waals surface area contributed by atoms with E-state index in [2.05, 4.69) is 4.18 Å². The molecule has 1 aliphatic rings. The zero-order valence-electron chi connectivity index (χ0n) is 20.2. The molecule has 1 heterocycles. The predicted molar refractivity (Wildman–Crippen MR) is 133 cm³/mol. The van der Waals surface area contributed by atoms with Crippen LogP contribution in [0.3, 0.4) is 0 Å². The van der Waals surface area contributed by atoms with Crippen LogP contribution in [0.5, 0.6) is 11.5 Å². The Kier molecular flexibility index (Phi) is 8.19. The van der Waals surface area contributed by atoms with Crippen LogP contribution in [0, 0.1) is 0 Å². The van der Waals surface area contributed by atoms with Gasteiger partial charge in [-0.05, 0) is 40.9 Å². The van der Waals surface area contributed by atoms with E-state index < -0.39 is 36.9 Å². The van der Waals surface area contributed by atoms with Crippen molar-refractivity contribution in [1.82, 2.24) is 4.08 Å². The Hall–Kier alpha value is -2.08. The Balaban J connectivity index is 2.34. The van der Waals surface area contributed by atoms with Crippen LogP contribution in [0.15, 0.2) is 47.4 Å². The summed E-state index contributed by atoms with van der Waals surface area (Å²) in [6, 6.07) is 10.9. The molecule has 0 aromatic heterocycles. The Morgan fingerprint density at radius 3 is 2.31 bits per heavy atom. The summed E-state index contributed by atoms with van der Waals surface area (Å²) in [6.45, 7) is 5.77. The molecule has 2 aromatic rings. The molecule has 8 nitrogen and oxygen atoms in total. The molecule has 1 aliphatic heterocycles. The first-order chi connectivity index (χ1) is 16.7. The lowest BCUT2D eigenvalue weighted by Crippen LogP contribution is -2.49. The Bertz CT molecular complexity index is 1310. The fraction of sp³-hybridized carbons (Fsp3) is 0.455. The quantitative estimate of drug-likeness (QED) is 0.244. The number of sulfonamides is 1. The van der Waals surface area contributed by atoms with E-state index in [1.165, 1.54) is 10.1 Å². The van der Waals surface area contributed by atoms with E-state index in [0.29, 0.717) is 12.1 Å². The van der Waals surface area contributed by atoms with Crippen molar-refractivity contribution in [2.75, 3.05) is 25.2 Å². The molecule has 2 atom stereocenters. The van der Waals surface area contributed by atoms with Crippen LogP contribution in [0.25, 0.3) is 0 Å². The number of benzene rings is 2. The number of para-hydroxylation sites is 1. The van der Waals surface area contributed by atoms with Crippen molar-refractivity contribution in [1.29, 1.82) is 0 Å². The summed E-state index contributed by atoms with van der Waals surface area (Å²) in [5.41, 5.74) is -5.80. The number of rotatable bonds is 8. The molecule has 0 N–H and O–H groups in total. The third-order valence-electron chi connectivity index (χ3n) is 5.87. The van der Waals surface area contributed by atoms with Crippen molar-refractivity contribution in [2.24, 2.45) is 0 Å². The Morgan fingerprint density at radius 2 is 1.78 bits per heavy atom. The van der Waals surface area contributed by atoms with Crippen molar-refractivity contribution in [2.45, 2.75) is 49.1 Å². The first-order valence-electron chi connectivity index (χ1n) is 11.0. The molecule has 0 bridgehead atoms. The summed E-state index contributed by atoms with van der Waals surface area (Å²) < 4.78 is 101. The summed E-state index contributed by atoms with van der Waals surface area (Å²) in [7, 11) is -9.45. The van der Waals surface area contributed by atoms with Gasteiger partial charge in [0.15, 0.2) is 11.5 Å². The number of hydrogen-bond acceptors (Lipinski definition) is 7. The minimum absolute atomic E-state index is 0.137. The molecule has 0 fully saturated rings. The standard InChI is InChI=1S/C22H28F3N2O6PS2/c1-5-6-12-21(2)15-26(16-10-8-7-9-11-16)17-13-18(32-3)19(33-36(30,31)22(23,24)25)14-20(17)35(28,29)27(21)34-4/h7-11,13-14,34H,5-6,12,15H2,1-4H3. The number of ether oxygens (including phenoxy) is 1. The minimum atomic E-state index is -6.08. The first kappa shape index (κ1) is 28.5. The molecular weight excluding hydrogens is 540 g/mol. The lowest BCUT2D eigenvalue weighted by molar-refractivity contribution is -0.0500. The van der Waals surface area contributed by atoms with Gasteiger partial charge in [-0.2, -0.15) is 25.7 Å². The highest BCUT2D eigenvalue weighted by molar-refractivity contribution is 7.93. The maximum Gasteiger partial charge on any atom is 0.534 e. The van der Waals surface area contributed by atoms with Crippen LogP contribution in [0.4, 0.5) is 24.5 Å². The Labute approximate surface area is 211 Å². The zero-order valence-corrected chi connectivity index (χ0v) is 22.8. The number of unbranched alkanes of at least 4 members (excludes halogenated alkanes) is 1. The van der Waals surface area contributed by atoms with E-state index in [0.717, 1.165) is 26.0 Å². The predicted octanol–water partition coefficient (Wildman–Crippen LogP) is 5.24. The third-order valence-corrected chi connectivity index (χ3v) is 10.9. The van der Waals surface area contributed by atoms with Crippen LogP contribution in [-0.4, -0.2) is 52.3 Å². The summed E-state index contributed by atoms with van der Waals surface area (Å²) in [5.74, 6) is -1.23. The van der Waals surface area contributed by atoms with E-state index in [4.69, 9.17) is 4.74 Å². The van der Waals surface area contributed by atoms with E-state index in [-0.39, 0.29) is 31.6 Å². The zero-order chi connectivity index (χ0) is 26.9. The average Bonchev–Trinajstić information content (AvgIpc) is 2.87. The van der Waals surface area contributed by atoms with Crippen LogP contribution in [-0.2, 0) is 20.1 Å². The van der Waals surface area contributed by atoms with Gasteiger partial charge in [-0.25, -0.2) is 8.42 Å². The Morgan fingerprint density at radius 1 is 1.14 bits per heavy atom. The summed E-state index contributed by atoms with van der Waals surface area (Å²) in [4.78, 5) is 1.38. The second-order valence-electron chi connectivity index (χ2n) is 8.47. The van der Waals surface area contributed by atoms with Gasteiger partial charge in [0.2, 0.25) is 10.0 Å². The molecule has 0 spiro atoms. The van der Waals surface area contributed by atoms with Crippen LogP contribution < -0.4 is 13.8 Å². The molecule has 0 amide bonds. The lowest BCUT2D eigenvalue weighted by Gasteiger charge is -2.40. The molecule has 36 heavy (non-hydrogen) atoms. The number of nitrogens with zero attached hydrogens (tertiary/aromatic N) is 2. The van der Waals surface area contributed by atoms with Gasteiger partial charge >= 0.3 is 15.6 Å². The molecule has 0 saturated carbocycles. The smallest absolute Gasteiger partial charge is 0.493 e. The number of anilines is 2. The molecule has 200 valence electrons. The van der Waals surface area contributed by atoms with Crippen molar-refractivity contribution in [3.8, 4) is 11.5 Å². The fourth-order valence-corrected chi connectivity index (χ4v) is 8.24. The van der Waals surface area contributed by atoms with Gasteiger partial charge < -0.3 is 13.8 Å². The topological polar surface area (TPSA) is 93.2 Å². The molecule has 0 saturated heterocycles. The molecule has 2 unspecified atom stereocenters. The number of hydrogen-bond donors (Lipinski definition) is 0. The van der Waals surface area contributed by atoms with Crippen LogP contribution in [0.2, 0.25) is 0 Å². The second kappa shape index (κ2) is 10.4. The summed E-state index contributed by atoms with van der Waals surface area (Å²) in [5, 5.41) is 0. The van der Waals surface area contributed by atoms with E-state index in [9.17, 15) is 30.0 Å². The van der Waals surface area contributed by atoms with E-state index in [1.54, 1.807) is 41.9 Å². The fourth-order valence-electron chi connectivity index (χ4n) is 4.18. The molecule has 0 radical (unpaired) electrons. The van der Waals surface area contributed by atoms with Gasteiger partial charge in [0, 0.05) is 24.4 Å². The molecule has 14 heteroatoms. The molecule has 0 aliphatic carbocycles. The number of fused-ring (bicyclic) bond motifs is 1. The normalized spacial score (nSPS) is 20.8. The highest BCUT2D eigenvalue weighted by atomic mass is 32.2. The maximum atomic E-state index is 14.0. The highest BCUT2D eigenvalue weighted by Gasteiger charge is 2.50. The number of halogens is 3. The minimum Gasteiger partial charge on any atom is -0.493 e. The SMILES string of the molecule is CCCCC1(C)CN(c2ccccc2)c2cc(OC)c(OS(=O)(=O)C(F)(F)F)cc2S(=O)(=O)N1PC. The molecule has 3 rings (SSSR count). The number of methoxy groups -OCH3 is 1. The van der Waals surface area contributed by atoms with E-state index in [1.807, 2.05) is 13.8 Å². The van der Waals surface area contributed by atoms with Crippen molar-refractivity contribution >= 4 is 40.2 Å². The van der Waals surface area contributed by atoms with Gasteiger partial charge in [0.1, 0.15) is 4.90 Å². The van der Waals surface area contributed by atoms with Gasteiger partial charge in [-0.15, -0.1) is 0 Å². The third kappa shape index (κ3) is 5.29. The summed E-state index contributed by atoms with van der Waals surface area (Å²) in [6.07, 6.45) is 2.10. The molecular formula is C22H28F3N2O6PS2.